The van der Waals surface area contributed by atoms with Gasteiger partial charge in [-0.05, 0) is 31.4 Å². The van der Waals surface area contributed by atoms with Crippen LogP contribution in [-0.2, 0) is 16.0 Å². The van der Waals surface area contributed by atoms with Crippen LogP contribution in [0, 0.1) is 5.92 Å². The number of carboxylic acids is 1. The van der Waals surface area contributed by atoms with E-state index in [-0.39, 0.29) is 11.8 Å². The highest BCUT2D eigenvalue weighted by Gasteiger charge is 2.10. The molecule has 5 nitrogen and oxygen atoms in total. The van der Waals surface area contributed by atoms with Crippen LogP contribution in [0.4, 0.5) is 0 Å². The van der Waals surface area contributed by atoms with Gasteiger partial charge >= 0.3 is 5.97 Å². The summed E-state index contributed by atoms with van der Waals surface area (Å²) < 4.78 is 0. The van der Waals surface area contributed by atoms with Crippen molar-refractivity contribution in [3.05, 3.63) is 30.1 Å². The van der Waals surface area contributed by atoms with Gasteiger partial charge in [-0.15, -0.1) is 0 Å². The number of pyridine rings is 1. The lowest BCUT2D eigenvalue weighted by molar-refractivity contribution is -0.141. The number of hydrogen-bond donors (Lipinski definition) is 2. The topological polar surface area (TPSA) is 79.3 Å². The molecule has 5 heteroatoms. The second kappa shape index (κ2) is 8.24. The summed E-state index contributed by atoms with van der Waals surface area (Å²) in [7, 11) is 0. The van der Waals surface area contributed by atoms with E-state index in [2.05, 4.69) is 10.3 Å². The van der Waals surface area contributed by atoms with E-state index in [9.17, 15) is 9.59 Å². The monoisotopic (exact) mass is 264 g/mol. The molecule has 0 aliphatic rings. The third-order valence-corrected chi connectivity index (χ3v) is 2.89. The molecule has 2 N–H and O–H groups in total. The van der Waals surface area contributed by atoms with Crippen LogP contribution in [0.5, 0.6) is 0 Å². The van der Waals surface area contributed by atoms with Crippen molar-refractivity contribution in [2.45, 2.75) is 32.6 Å². The number of carbonyl (C=O) groups excluding carboxylic acids is 1. The third kappa shape index (κ3) is 6.55. The summed E-state index contributed by atoms with van der Waals surface area (Å²) in [6.07, 6.45) is 4.00. The Kier molecular flexibility index (Phi) is 6.57. The molecular formula is C14H20N2O3. The molecule has 19 heavy (non-hydrogen) atoms. The number of aromatic nitrogens is 1. The van der Waals surface area contributed by atoms with Crippen LogP contribution in [0.15, 0.2) is 24.4 Å². The average molecular weight is 264 g/mol. The van der Waals surface area contributed by atoms with Crippen molar-refractivity contribution in [1.82, 2.24) is 10.3 Å². The van der Waals surface area contributed by atoms with E-state index >= 15 is 0 Å². The van der Waals surface area contributed by atoms with E-state index in [1.807, 2.05) is 18.2 Å². The highest BCUT2D eigenvalue weighted by Crippen LogP contribution is 2.04. The maximum Gasteiger partial charge on any atom is 0.306 e. The minimum Gasteiger partial charge on any atom is -0.481 e. The Morgan fingerprint density at radius 2 is 2.21 bits per heavy atom. The van der Waals surface area contributed by atoms with Gasteiger partial charge in [-0.25, -0.2) is 0 Å². The molecule has 0 spiro atoms. The van der Waals surface area contributed by atoms with Gasteiger partial charge in [0.15, 0.2) is 0 Å². The van der Waals surface area contributed by atoms with Gasteiger partial charge in [0.2, 0.25) is 5.91 Å². The van der Waals surface area contributed by atoms with Gasteiger partial charge in [-0.3, -0.25) is 14.6 Å². The van der Waals surface area contributed by atoms with E-state index in [1.165, 1.54) is 0 Å². The van der Waals surface area contributed by atoms with Gasteiger partial charge in [0, 0.05) is 24.9 Å². The summed E-state index contributed by atoms with van der Waals surface area (Å²) in [4.78, 5) is 26.3. The lowest BCUT2D eigenvalue weighted by Gasteiger charge is -2.07. The van der Waals surface area contributed by atoms with Gasteiger partial charge in [0.1, 0.15) is 0 Å². The Hall–Kier alpha value is -1.91. The molecule has 0 fully saturated rings. The van der Waals surface area contributed by atoms with Gasteiger partial charge in [-0.1, -0.05) is 13.0 Å². The van der Waals surface area contributed by atoms with Crippen molar-refractivity contribution in [2.75, 3.05) is 6.54 Å². The number of amides is 1. The zero-order chi connectivity index (χ0) is 14.1. The first-order chi connectivity index (χ1) is 9.09. The molecule has 0 saturated heterocycles. The van der Waals surface area contributed by atoms with Crippen molar-refractivity contribution in [2.24, 2.45) is 5.92 Å². The predicted octanol–water partition coefficient (Wildman–Crippen LogP) is 1.63. The molecule has 1 aromatic heterocycles. The molecule has 1 atom stereocenters. The number of aliphatic carboxylic acids is 1. The van der Waals surface area contributed by atoms with Gasteiger partial charge in [-0.2, -0.15) is 0 Å². The number of nitrogens with zero attached hydrogens (tertiary/aromatic N) is 1. The van der Waals surface area contributed by atoms with Crippen LogP contribution in [0.25, 0.3) is 0 Å². The van der Waals surface area contributed by atoms with E-state index < -0.39 is 5.97 Å². The predicted molar refractivity (Wildman–Crippen MR) is 71.6 cm³/mol. The summed E-state index contributed by atoms with van der Waals surface area (Å²) in [6.45, 7) is 2.20. The summed E-state index contributed by atoms with van der Waals surface area (Å²) in [5, 5.41) is 11.5. The molecular weight excluding hydrogens is 244 g/mol. The number of carbonyl (C=O) groups is 2. The summed E-state index contributed by atoms with van der Waals surface area (Å²) in [5.41, 5.74) is 0.900. The van der Waals surface area contributed by atoms with Crippen molar-refractivity contribution in [3.8, 4) is 0 Å². The minimum atomic E-state index is -0.790. The minimum absolute atomic E-state index is 0.0198. The molecule has 0 saturated carbocycles. The summed E-state index contributed by atoms with van der Waals surface area (Å²) in [5.74, 6) is -1.17. The molecule has 1 rings (SSSR count). The first-order valence-electron chi connectivity index (χ1n) is 6.49. The highest BCUT2D eigenvalue weighted by atomic mass is 16.4. The number of aryl methyl sites for hydroxylation is 1. The number of nitrogens with one attached hydrogen (secondary N) is 1. The van der Waals surface area contributed by atoms with E-state index in [4.69, 9.17) is 5.11 Å². The SMILES string of the molecule is CC(CCCNC(=O)CCc1ccccn1)C(=O)O. The average Bonchev–Trinajstić information content (AvgIpc) is 2.42. The molecule has 0 radical (unpaired) electrons. The lowest BCUT2D eigenvalue weighted by atomic mass is 10.1. The molecule has 104 valence electrons. The van der Waals surface area contributed by atoms with E-state index in [0.29, 0.717) is 32.2 Å². The second-order valence-electron chi connectivity index (χ2n) is 4.55. The molecule has 1 aromatic rings. The van der Waals surface area contributed by atoms with Gasteiger partial charge < -0.3 is 10.4 Å². The van der Waals surface area contributed by atoms with Crippen molar-refractivity contribution in [3.63, 3.8) is 0 Å². The fraction of sp³-hybridized carbons (Fsp3) is 0.500. The van der Waals surface area contributed by atoms with E-state index in [0.717, 1.165) is 5.69 Å². The normalized spacial score (nSPS) is 11.8. The highest BCUT2D eigenvalue weighted by molar-refractivity contribution is 5.76. The zero-order valence-corrected chi connectivity index (χ0v) is 11.1. The van der Waals surface area contributed by atoms with Crippen LogP contribution in [-0.4, -0.2) is 28.5 Å². The number of hydrogen-bond acceptors (Lipinski definition) is 3. The Morgan fingerprint density at radius 3 is 2.84 bits per heavy atom. The zero-order valence-electron chi connectivity index (χ0n) is 11.1. The first-order valence-corrected chi connectivity index (χ1v) is 6.49. The lowest BCUT2D eigenvalue weighted by Crippen LogP contribution is -2.25. The number of rotatable bonds is 8. The molecule has 1 unspecified atom stereocenters. The Balaban J connectivity index is 2.10. The van der Waals surface area contributed by atoms with Crippen LogP contribution >= 0.6 is 0 Å². The van der Waals surface area contributed by atoms with Crippen molar-refractivity contribution in [1.29, 1.82) is 0 Å². The Morgan fingerprint density at radius 1 is 1.42 bits per heavy atom. The van der Waals surface area contributed by atoms with Crippen molar-refractivity contribution < 1.29 is 14.7 Å². The maximum absolute atomic E-state index is 11.5. The molecule has 1 amide bonds. The molecule has 0 aliphatic carbocycles. The van der Waals surface area contributed by atoms with E-state index in [1.54, 1.807) is 13.1 Å². The largest absolute Gasteiger partial charge is 0.481 e. The van der Waals surface area contributed by atoms with Gasteiger partial charge in [0.05, 0.1) is 5.92 Å². The number of carboxylic acid groups (broad SMARTS) is 1. The van der Waals surface area contributed by atoms with Crippen LogP contribution in [0.1, 0.15) is 31.9 Å². The van der Waals surface area contributed by atoms with Crippen LogP contribution in [0.3, 0.4) is 0 Å². The standard InChI is InChI=1S/C14H20N2O3/c1-11(14(18)19)5-4-10-16-13(17)8-7-12-6-2-3-9-15-12/h2-3,6,9,11H,4-5,7-8,10H2,1H3,(H,16,17)(H,18,19). The van der Waals surface area contributed by atoms with Crippen LogP contribution in [0.2, 0.25) is 0 Å². The molecule has 0 aliphatic heterocycles. The molecule has 0 aromatic carbocycles. The van der Waals surface area contributed by atoms with Gasteiger partial charge in [0.25, 0.3) is 0 Å². The fourth-order valence-electron chi connectivity index (χ4n) is 1.64. The smallest absolute Gasteiger partial charge is 0.306 e. The Bertz CT molecular complexity index is 406. The maximum atomic E-state index is 11.5. The molecule has 1 heterocycles. The third-order valence-electron chi connectivity index (χ3n) is 2.89. The summed E-state index contributed by atoms with van der Waals surface area (Å²) in [6, 6.07) is 5.63. The quantitative estimate of drug-likeness (QED) is 0.699. The molecule has 0 bridgehead atoms. The fourth-order valence-corrected chi connectivity index (χ4v) is 1.64. The Labute approximate surface area is 113 Å². The first kappa shape index (κ1) is 15.1. The van der Waals surface area contributed by atoms with Crippen LogP contribution < -0.4 is 5.32 Å². The summed E-state index contributed by atoms with van der Waals surface area (Å²) >= 11 is 0. The van der Waals surface area contributed by atoms with Crippen molar-refractivity contribution >= 4 is 11.9 Å². The second-order valence-corrected chi connectivity index (χ2v) is 4.55.